The summed E-state index contributed by atoms with van der Waals surface area (Å²) in [6.45, 7) is 1.52. The molecule has 2 aromatic rings. The number of nitrogens with one attached hydrogen (secondary N) is 1. The van der Waals surface area contributed by atoms with Crippen molar-refractivity contribution >= 4 is 0 Å². The summed E-state index contributed by atoms with van der Waals surface area (Å²) >= 11 is 0. The third-order valence-corrected chi connectivity index (χ3v) is 3.12. The van der Waals surface area contributed by atoms with Crippen LogP contribution in [0.3, 0.4) is 0 Å². The highest BCUT2D eigenvalue weighted by atomic mass is 16.5. The molecule has 1 aromatic heterocycles. The first-order valence-corrected chi connectivity index (χ1v) is 6.75. The molecule has 0 saturated heterocycles. The van der Waals surface area contributed by atoms with Crippen LogP contribution >= 0.6 is 0 Å². The van der Waals surface area contributed by atoms with Crippen LogP contribution in [0, 0.1) is 0 Å². The Morgan fingerprint density at radius 2 is 2.05 bits per heavy atom. The molecule has 0 bridgehead atoms. The molecule has 0 radical (unpaired) electrons. The van der Waals surface area contributed by atoms with Crippen LogP contribution in [0.25, 0.3) is 11.3 Å². The van der Waals surface area contributed by atoms with E-state index >= 15 is 0 Å². The van der Waals surface area contributed by atoms with Gasteiger partial charge in [-0.25, -0.2) is 4.98 Å². The average Bonchev–Trinajstić information content (AvgIpc) is 2.71. The lowest BCUT2D eigenvalue weighted by Gasteiger charge is -2.09. The first kappa shape index (κ1) is 13.6. The molecule has 0 unspecified atom stereocenters. The zero-order chi connectivity index (χ0) is 14.7. The third-order valence-electron chi connectivity index (χ3n) is 3.12. The lowest BCUT2D eigenvalue weighted by Crippen LogP contribution is -2.11. The average molecular weight is 288 g/mol. The summed E-state index contributed by atoms with van der Waals surface area (Å²) in [4.78, 5) is 18.7. The number of hydrogen-bond donors (Lipinski definition) is 1. The van der Waals surface area contributed by atoms with Gasteiger partial charge in [-0.05, 0) is 18.2 Å². The molecule has 2 heterocycles. The number of aromatic nitrogens is 2. The molecule has 21 heavy (non-hydrogen) atoms. The second-order valence-electron chi connectivity index (χ2n) is 4.72. The quantitative estimate of drug-likeness (QED) is 0.931. The van der Waals surface area contributed by atoms with Crippen molar-refractivity contribution in [2.75, 3.05) is 20.3 Å². The van der Waals surface area contributed by atoms with Crippen molar-refractivity contribution in [2.45, 2.75) is 13.0 Å². The normalized spacial score (nSPS) is 13.8. The highest BCUT2D eigenvalue weighted by Crippen LogP contribution is 2.33. The molecule has 0 aliphatic carbocycles. The van der Waals surface area contributed by atoms with Crippen LogP contribution in [0.5, 0.6) is 11.5 Å². The predicted octanol–water partition coefficient (Wildman–Crippen LogP) is 1.74. The molecule has 1 N–H and O–H groups in total. The van der Waals surface area contributed by atoms with Gasteiger partial charge in [0.05, 0.1) is 18.9 Å². The molecule has 0 fully saturated rings. The molecule has 1 aromatic carbocycles. The maximum Gasteiger partial charge on any atom is 0.251 e. The minimum absolute atomic E-state index is 0.209. The molecule has 0 amide bonds. The van der Waals surface area contributed by atoms with Crippen LogP contribution in [0.2, 0.25) is 0 Å². The van der Waals surface area contributed by atoms with E-state index < -0.39 is 0 Å². The van der Waals surface area contributed by atoms with Gasteiger partial charge in [0.2, 0.25) is 0 Å². The van der Waals surface area contributed by atoms with Gasteiger partial charge in [0.15, 0.2) is 11.5 Å². The molecular formula is C15H16N2O4. The number of benzene rings is 1. The van der Waals surface area contributed by atoms with Crippen LogP contribution in [-0.4, -0.2) is 30.3 Å². The number of fused-ring (bicyclic) bond motifs is 1. The number of ether oxygens (including phenoxy) is 3. The third kappa shape index (κ3) is 3.05. The molecule has 0 spiro atoms. The number of hydrogen-bond acceptors (Lipinski definition) is 5. The predicted molar refractivity (Wildman–Crippen MR) is 76.6 cm³/mol. The van der Waals surface area contributed by atoms with E-state index in [1.807, 2.05) is 18.2 Å². The van der Waals surface area contributed by atoms with E-state index in [1.54, 1.807) is 7.11 Å². The van der Waals surface area contributed by atoms with Crippen LogP contribution in [0.15, 0.2) is 29.1 Å². The summed E-state index contributed by atoms with van der Waals surface area (Å²) < 4.78 is 16.3. The minimum Gasteiger partial charge on any atom is -0.490 e. The zero-order valence-corrected chi connectivity index (χ0v) is 11.7. The Balaban J connectivity index is 2.00. The van der Waals surface area contributed by atoms with Gasteiger partial charge in [-0.1, -0.05) is 0 Å². The minimum atomic E-state index is -0.209. The van der Waals surface area contributed by atoms with Gasteiger partial charge >= 0.3 is 0 Å². The van der Waals surface area contributed by atoms with Gasteiger partial charge in [0.1, 0.15) is 12.4 Å². The highest BCUT2D eigenvalue weighted by molar-refractivity contribution is 5.63. The Bertz CT molecular complexity index is 696. The van der Waals surface area contributed by atoms with Crippen molar-refractivity contribution in [3.63, 3.8) is 0 Å². The monoisotopic (exact) mass is 288 g/mol. The number of aromatic amines is 1. The molecule has 3 rings (SSSR count). The molecule has 1 aliphatic rings. The van der Waals surface area contributed by atoms with Crippen molar-refractivity contribution in [1.29, 1.82) is 0 Å². The molecule has 6 heteroatoms. The number of H-pyrrole nitrogens is 1. The van der Waals surface area contributed by atoms with Gasteiger partial charge in [0, 0.05) is 25.2 Å². The van der Waals surface area contributed by atoms with Crippen LogP contribution < -0.4 is 15.0 Å². The van der Waals surface area contributed by atoms with Crippen LogP contribution in [0.1, 0.15) is 12.2 Å². The Labute approximate surface area is 121 Å². The number of rotatable bonds is 3. The molecule has 0 atom stereocenters. The fraction of sp³-hybridized carbons (Fsp3) is 0.333. The standard InChI is InChI=1S/C15H16N2O4/c1-19-9-14-16-11(8-15(18)17-14)10-3-4-12-13(7-10)21-6-2-5-20-12/h3-4,7-8H,2,5-6,9H2,1H3,(H,16,17,18). The second kappa shape index (κ2) is 5.97. The van der Waals surface area contributed by atoms with Gasteiger partial charge < -0.3 is 19.2 Å². The maximum atomic E-state index is 11.7. The highest BCUT2D eigenvalue weighted by Gasteiger charge is 2.12. The Hall–Kier alpha value is -2.34. The summed E-state index contributed by atoms with van der Waals surface area (Å²) in [7, 11) is 1.56. The summed E-state index contributed by atoms with van der Waals surface area (Å²) in [5.74, 6) is 1.89. The molecule has 1 aliphatic heterocycles. The SMILES string of the molecule is COCc1nc(-c2ccc3c(c2)OCCCO3)cc(=O)[nH]1. The molecular weight excluding hydrogens is 272 g/mol. The maximum absolute atomic E-state index is 11.7. The van der Waals surface area contributed by atoms with Gasteiger partial charge in [-0.2, -0.15) is 0 Å². The zero-order valence-electron chi connectivity index (χ0n) is 11.7. The van der Waals surface area contributed by atoms with Crippen LogP contribution in [-0.2, 0) is 11.3 Å². The fourth-order valence-electron chi connectivity index (χ4n) is 2.18. The Kier molecular flexibility index (Phi) is 3.87. The van der Waals surface area contributed by atoms with Crippen molar-refractivity contribution in [3.8, 4) is 22.8 Å². The van der Waals surface area contributed by atoms with Gasteiger partial charge in [-0.15, -0.1) is 0 Å². The Morgan fingerprint density at radius 1 is 1.24 bits per heavy atom. The van der Waals surface area contributed by atoms with Crippen molar-refractivity contribution < 1.29 is 14.2 Å². The van der Waals surface area contributed by atoms with Gasteiger partial charge in [0.25, 0.3) is 5.56 Å². The van der Waals surface area contributed by atoms with Crippen molar-refractivity contribution in [3.05, 3.63) is 40.4 Å². The summed E-state index contributed by atoms with van der Waals surface area (Å²) in [6, 6.07) is 7.01. The molecule has 0 saturated carbocycles. The van der Waals surface area contributed by atoms with Crippen molar-refractivity contribution in [1.82, 2.24) is 9.97 Å². The summed E-state index contributed by atoms with van der Waals surface area (Å²) in [5, 5.41) is 0. The van der Waals surface area contributed by atoms with E-state index in [1.165, 1.54) is 6.07 Å². The van der Waals surface area contributed by atoms with E-state index in [2.05, 4.69) is 9.97 Å². The van der Waals surface area contributed by atoms with Crippen LogP contribution in [0.4, 0.5) is 0 Å². The Morgan fingerprint density at radius 3 is 2.86 bits per heavy atom. The topological polar surface area (TPSA) is 73.4 Å². The van der Waals surface area contributed by atoms with Crippen molar-refractivity contribution in [2.24, 2.45) is 0 Å². The van der Waals surface area contributed by atoms with E-state index in [0.29, 0.717) is 30.5 Å². The number of methoxy groups -OCH3 is 1. The van der Waals surface area contributed by atoms with Gasteiger partial charge in [-0.3, -0.25) is 4.79 Å². The first-order chi connectivity index (χ1) is 10.3. The lowest BCUT2D eigenvalue weighted by molar-refractivity contribution is 0.177. The summed E-state index contributed by atoms with van der Waals surface area (Å²) in [5.41, 5.74) is 1.18. The summed E-state index contributed by atoms with van der Waals surface area (Å²) in [6.07, 6.45) is 0.852. The van der Waals surface area contributed by atoms with E-state index in [0.717, 1.165) is 17.7 Å². The van der Waals surface area contributed by atoms with E-state index in [-0.39, 0.29) is 12.2 Å². The largest absolute Gasteiger partial charge is 0.490 e. The first-order valence-electron chi connectivity index (χ1n) is 6.75. The molecule has 6 nitrogen and oxygen atoms in total. The van der Waals surface area contributed by atoms with E-state index in [9.17, 15) is 4.79 Å². The number of nitrogens with zero attached hydrogens (tertiary/aromatic N) is 1. The second-order valence-corrected chi connectivity index (χ2v) is 4.72. The fourth-order valence-corrected chi connectivity index (χ4v) is 2.18. The smallest absolute Gasteiger partial charge is 0.251 e. The molecule has 110 valence electrons. The lowest BCUT2D eigenvalue weighted by atomic mass is 10.1. The van der Waals surface area contributed by atoms with E-state index in [4.69, 9.17) is 14.2 Å².